The van der Waals surface area contributed by atoms with Gasteiger partial charge in [-0.1, -0.05) is 6.92 Å². The first-order valence-electron chi connectivity index (χ1n) is 7.80. The molecule has 3 rings (SSSR count). The standard InChI is InChI=1S/C18H18N2O4S/c1-4-12-8-13-17(25-12)19-10-20(18(13)22)9-14(21)11-5-6-15(23-2)16(7-11)24-3/h5-8,10H,4,9H2,1-3H3. The van der Waals surface area contributed by atoms with Gasteiger partial charge in [-0.2, -0.15) is 0 Å². The number of carbonyl (C=O) groups excluding carboxylic acids is 1. The minimum absolute atomic E-state index is 0.0748. The Hall–Kier alpha value is -2.67. The number of hydrogen-bond donors (Lipinski definition) is 0. The number of ether oxygens (including phenoxy) is 2. The van der Waals surface area contributed by atoms with Gasteiger partial charge in [-0.05, 0) is 30.7 Å². The lowest BCUT2D eigenvalue weighted by atomic mass is 10.1. The summed E-state index contributed by atoms with van der Waals surface area (Å²) >= 11 is 1.50. The molecule has 0 saturated heterocycles. The van der Waals surface area contributed by atoms with Crippen LogP contribution >= 0.6 is 11.3 Å². The number of Topliss-reactive ketones (excluding diaryl/α,β-unsaturated/α-hetero) is 1. The number of benzene rings is 1. The molecule has 0 saturated carbocycles. The van der Waals surface area contributed by atoms with Gasteiger partial charge in [-0.15, -0.1) is 11.3 Å². The molecule has 2 heterocycles. The summed E-state index contributed by atoms with van der Waals surface area (Å²) in [7, 11) is 3.04. The quantitative estimate of drug-likeness (QED) is 0.634. The molecule has 3 aromatic rings. The zero-order valence-electron chi connectivity index (χ0n) is 14.2. The minimum atomic E-state index is -0.199. The van der Waals surface area contributed by atoms with Crippen LogP contribution in [0, 0.1) is 0 Å². The van der Waals surface area contributed by atoms with E-state index >= 15 is 0 Å². The summed E-state index contributed by atoms with van der Waals surface area (Å²) in [6, 6.07) is 6.79. The number of hydrogen-bond acceptors (Lipinski definition) is 6. The third kappa shape index (κ3) is 3.28. The maximum atomic E-state index is 12.6. The Morgan fingerprint density at radius 3 is 2.64 bits per heavy atom. The zero-order chi connectivity index (χ0) is 18.0. The number of thiophene rings is 1. The van der Waals surface area contributed by atoms with E-state index in [1.165, 1.54) is 36.5 Å². The van der Waals surface area contributed by atoms with E-state index in [-0.39, 0.29) is 17.9 Å². The smallest absolute Gasteiger partial charge is 0.262 e. The molecule has 0 N–H and O–H groups in total. The predicted molar refractivity (Wildman–Crippen MR) is 97.1 cm³/mol. The van der Waals surface area contributed by atoms with Crippen molar-refractivity contribution in [1.29, 1.82) is 0 Å². The summed E-state index contributed by atoms with van der Waals surface area (Å²) in [5.74, 6) is 0.819. The molecule has 0 unspecified atom stereocenters. The Kier molecular flexibility index (Phi) is 4.85. The molecule has 0 bridgehead atoms. The van der Waals surface area contributed by atoms with Crippen molar-refractivity contribution in [3.8, 4) is 11.5 Å². The molecule has 7 heteroatoms. The molecular formula is C18H18N2O4S. The summed E-state index contributed by atoms with van der Waals surface area (Å²) in [4.78, 5) is 31.2. The van der Waals surface area contributed by atoms with Gasteiger partial charge in [0.2, 0.25) is 0 Å². The first kappa shape index (κ1) is 17.2. The van der Waals surface area contributed by atoms with Crippen LogP contribution in [0.4, 0.5) is 0 Å². The van der Waals surface area contributed by atoms with Gasteiger partial charge in [0.05, 0.1) is 32.5 Å². The van der Waals surface area contributed by atoms with Crippen molar-refractivity contribution >= 4 is 27.3 Å². The fourth-order valence-corrected chi connectivity index (χ4v) is 3.48. The first-order valence-corrected chi connectivity index (χ1v) is 8.62. The second-order valence-corrected chi connectivity index (χ2v) is 6.57. The van der Waals surface area contributed by atoms with Crippen LogP contribution in [-0.2, 0) is 13.0 Å². The van der Waals surface area contributed by atoms with Gasteiger partial charge in [-0.25, -0.2) is 4.98 Å². The lowest BCUT2D eigenvalue weighted by Crippen LogP contribution is -2.24. The molecule has 0 aliphatic carbocycles. The summed E-state index contributed by atoms with van der Waals surface area (Å²) in [5.41, 5.74) is 0.249. The van der Waals surface area contributed by atoms with Crippen molar-refractivity contribution in [3.63, 3.8) is 0 Å². The van der Waals surface area contributed by atoms with Crippen molar-refractivity contribution in [3.05, 3.63) is 51.4 Å². The molecule has 130 valence electrons. The molecule has 0 radical (unpaired) electrons. The number of rotatable bonds is 6. The SMILES string of the molecule is CCc1cc2c(=O)n(CC(=O)c3ccc(OC)c(OC)c3)cnc2s1. The van der Waals surface area contributed by atoms with E-state index in [2.05, 4.69) is 4.98 Å². The van der Waals surface area contributed by atoms with E-state index in [1.54, 1.807) is 18.2 Å². The Bertz CT molecular complexity index is 990. The molecule has 1 aromatic carbocycles. The van der Waals surface area contributed by atoms with E-state index < -0.39 is 0 Å². The molecule has 0 amide bonds. The molecule has 2 aromatic heterocycles. The van der Waals surface area contributed by atoms with Crippen LogP contribution < -0.4 is 15.0 Å². The van der Waals surface area contributed by atoms with Gasteiger partial charge in [0.1, 0.15) is 4.83 Å². The molecule has 0 fully saturated rings. The summed E-state index contributed by atoms with van der Waals surface area (Å²) in [6.07, 6.45) is 2.28. The zero-order valence-corrected chi connectivity index (χ0v) is 15.1. The van der Waals surface area contributed by atoms with Crippen LogP contribution in [-0.4, -0.2) is 29.6 Å². The number of nitrogens with zero attached hydrogens (tertiary/aromatic N) is 2. The average Bonchev–Trinajstić information content (AvgIpc) is 3.07. The van der Waals surface area contributed by atoms with Crippen LogP contribution in [0.3, 0.4) is 0 Å². The van der Waals surface area contributed by atoms with Crippen LogP contribution in [0.1, 0.15) is 22.2 Å². The summed E-state index contributed by atoms with van der Waals surface area (Å²) in [6.45, 7) is 1.96. The Balaban J connectivity index is 1.92. The summed E-state index contributed by atoms with van der Waals surface area (Å²) in [5, 5.41) is 0.560. The third-order valence-electron chi connectivity index (χ3n) is 3.94. The first-order chi connectivity index (χ1) is 12.1. The van der Waals surface area contributed by atoms with E-state index in [4.69, 9.17) is 9.47 Å². The molecule has 0 atom stereocenters. The van der Waals surface area contributed by atoms with Crippen molar-refractivity contribution in [1.82, 2.24) is 9.55 Å². The molecular weight excluding hydrogens is 340 g/mol. The molecule has 0 aliphatic heterocycles. The highest BCUT2D eigenvalue weighted by molar-refractivity contribution is 7.18. The number of methoxy groups -OCH3 is 2. The fourth-order valence-electron chi connectivity index (χ4n) is 2.55. The van der Waals surface area contributed by atoms with Crippen molar-refractivity contribution in [2.45, 2.75) is 19.9 Å². The highest BCUT2D eigenvalue weighted by atomic mass is 32.1. The van der Waals surface area contributed by atoms with E-state index in [9.17, 15) is 9.59 Å². The number of aryl methyl sites for hydroxylation is 1. The topological polar surface area (TPSA) is 70.4 Å². The van der Waals surface area contributed by atoms with Crippen LogP contribution in [0.15, 0.2) is 35.4 Å². The van der Waals surface area contributed by atoms with Gasteiger partial charge in [-0.3, -0.25) is 14.2 Å². The minimum Gasteiger partial charge on any atom is -0.493 e. The van der Waals surface area contributed by atoms with Gasteiger partial charge >= 0.3 is 0 Å². The number of carbonyl (C=O) groups is 1. The largest absolute Gasteiger partial charge is 0.493 e. The van der Waals surface area contributed by atoms with E-state index in [1.807, 2.05) is 13.0 Å². The predicted octanol–water partition coefficient (Wildman–Crippen LogP) is 2.92. The van der Waals surface area contributed by atoms with E-state index in [0.717, 1.165) is 11.3 Å². The monoisotopic (exact) mass is 358 g/mol. The Labute approximate surface area is 148 Å². The van der Waals surface area contributed by atoms with Crippen molar-refractivity contribution < 1.29 is 14.3 Å². The van der Waals surface area contributed by atoms with Gasteiger partial charge in [0.15, 0.2) is 17.3 Å². The normalized spacial score (nSPS) is 10.8. The second-order valence-electron chi connectivity index (χ2n) is 5.46. The molecule has 6 nitrogen and oxygen atoms in total. The maximum Gasteiger partial charge on any atom is 0.262 e. The van der Waals surface area contributed by atoms with Crippen molar-refractivity contribution in [2.24, 2.45) is 0 Å². The van der Waals surface area contributed by atoms with Crippen LogP contribution in [0.5, 0.6) is 11.5 Å². The summed E-state index contributed by atoms with van der Waals surface area (Å²) < 4.78 is 11.7. The molecule has 25 heavy (non-hydrogen) atoms. The number of aromatic nitrogens is 2. The maximum absolute atomic E-state index is 12.6. The number of fused-ring (bicyclic) bond motifs is 1. The van der Waals surface area contributed by atoms with Gasteiger partial charge in [0.25, 0.3) is 5.56 Å². The highest BCUT2D eigenvalue weighted by Crippen LogP contribution is 2.28. The third-order valence-corrected chi connectivity index (χ3v) is 5.12. The van der Waals surface area contributed by atoms with Crippen molar-refractivity contribution in [2.75, 3.05) is 14.2 Å². The van der Waals surface area contributed by atoms with Crippen LogP contribution in [0.2, 0.25) is 0 Å². The molecule has 0 aliphatic rings. The highest BCUT2D eigenvalue weighted by Gasteiger charge is 2.14. The Morgan fingerprint density at radius 2 is 1.96 bits per heavy atom. The lowest BCUT2D eigenvalue weighted by Gasteiger charge is -2.09. The lowest BCUT2D eigenvalue weighted by molar-refractivity contribution is 0.0970. The van der Waals surface area contributed by atoms with E-state index in [0.29, 0.717) is 27.3 Å². The number of ketones is 1. The average molecular weight is 358 g/mol. The molecule has 0 spiro atoms. The fraction of sp³-hybridized carbons (Fsp3) is 0.278. The van der Waals surface area contributed by atoms with Crippen LogP contribution in [0.25, 0.3) is 10.2 Å². The second kappa shape index (κ2) is 7.06. The Morgan fingerprint density at radius 1 is 1.20 bits per heavy atom. The van der Waals surface area contributed by atoms with Gasteiger partial charge in [0, 0.05) is 10.4 Å². The van der Waals surface area contributed by atoms with Gasteiger partial charge < -0.3 is 9.47 Å².